The normalized spacial score (nSPS) is 11.6. The van der Waals surface area contributed by atoms with Crippen LogP contribution in [0.15, 0.2) is 24.3 Å². The van der Waals surface area contributed by atoms with Gasteiger partial charge in [-0.05, 0) is 19.1 Å². The van der Waals surface area contributed by atoms with Crippen LogP contribution in [0.4, 0.5) is 11.4 Å². The van der Waals surface area contributed by atoms with Gasteiger partial charge in [-0.15, -0.1) is 0 Å². The number of nitro groups is 1. The van der Waals surface area contributed by atoms with E-state index in [1.54, 1.807) is 0 Å². The molecule has 0 saturated heterocycles. The van der Waals surface area contributed by atoms with Crippen LogP contribution in [0.2, 0.25) is 0 Å². The summed E-state index contributed by atoms with van der Waals surface area (Å²) in [5.74, 6) is -1.70. The Labute approximate surface area is 108 Å². The summed E-state index contributed by atoms with van der Waals surface area (Å²) in [6.45, 7) is 0.895. The number of nitro benzene ring substituents is 1. The van der Waals surface area contributed by atoms with E-state index >= 15 is 0 Å². The predicted molar refractivity (Wildman–Crippen MR) is 64.8 cm³/mol. The zero-order valence-electron chi connectivity index (χ0n) is 10.0. The van der Waals surface area contributed by atoms with Crippen molar-refractivity contribution < 1.29 is 24.4 Å². The summed E-state index contributed by atoms with van der Waals surface area (Å²) in [6, 6.07) is 5.24. The third kappa shape index (κ3) is 4.72. The Kier molecular flexibility index (Phi) is 4.95. The quantitative estimate of drug-likeness (QED) is 0.587. The number of hydrogen-bond acceptors (Lipinski definition) is 5. The number of benzene rings is 1. The van der Waals surface area contributed by atoms with Gasteiger partial charge in [-0.1, -0.05) is 0 Å². The molecule has 0 radical (unpaired) electrons. The van der Waals surface area contributed by atoms with Crippen molar-refractivity contribution in [2.24, 2.45) is 0 Å². The standard InChI is InChI=1S/C11H12N2O6/c1-7(11(15)16)19-6-10(14)12-8-2-4-9(5-3-8)13(17)18/h2-5,7H,6H2,1H3,(H,12,14)(H,15,16)/t7-/m1/s1. The van der Waals surface area contributed by atoms with Gasteiger partial charge in [0.1, 0.15) is 6.61 Å². The number of hydrogen-bond donors (Lipinski definition) is 2. The van der Waals surface area contributed by atoms with Gasteiger partial charge in [0.2, 0.25) is 5.91 Å². The van der Waals surface area contributed by atoms with Crippen molar-refractivity contribution in [2.45, 2.75) is 13.0 Å². The van der Waals surface area contributed by atoms with Crippen LogP contribution in [0.1, 0.15) is 6.92 Å². The molecule has 0 saturated carbocycles. The Morgan fingerprint density at radius 3 is 2.47 bits per heavy atom. The average Bonchev–Trinajstić information content (AvgIpc) is 2.36. The van der Waals surface area contributed by atoms with Gasteiger partial charge in [0.25, 0.3) is 5.69 Å². The Bertz CT molecular complexity index is 484. The Morgan fingerprint density at radius 1 is 1.42 bits per heavy atom. The van der Waals surface area contributed by atoms with Crippen LogP contribution >= 0.6 is 0 Å². The molecule has 0 aliphatic heterocycles. The van der Waals surface area contributed by atoms with Gasteiger partial charge in [0, 0.05) is 17.8 Å². The predicted octanol–water partition coefficient (Wildman–Crippen LogP) is 1.02. The minimum atomic E-state index is -1.16. The number of non-ortho nitro benzene ring substituents is 1. The van der Waals surface area contributed by atoms with Crippen LogP contribution in [-0.4, -0.2) is 34.6 Å². The van der Waals surface area contributed by atoms with Crippen LogP contribution in [-0.2, 0) is 14.3 Å². The van der Waals surface area contributed by atoms with Crippen molar-refractivity contribution in [1.82, 2.24) is 0 Å². The van der Waals surface area contributed by atoms with Crippen LogP contribution in [0.3, 0.4) is 0 Å². The van der Waals surface area contributed by atoms with Gasteiger partial charge in [0.15, 0.2) is 6.10 Å². The van der Waals surface area contributed by atoms with Gasteiger partial charge in [-0.25, -0.2) is 4.79 Å². The topological polar surface area (TPSA) is 119 Å². The molecule has 1 aromatic carbocycles. The second kappa shape index (κ2) is 6.45. The zero-order valence-corrected chi connectivity index (χ0v) is 10.0. The molecule has 1 rings (SSSR count). The lowest BCUT2D eigenvalue weighted by atomic mass is 10.3. The smallest absolute Gasteiger partial charge is 0.332 e. The molecule has 0 aliphatic carbocycles. The highest BCUT2D eigenvalue weighted by molar-refractivity contribution is 5.91. The van der Waals surface area contributed by atoms with E-state index in [0.29, 0.717) is 5.69 Å². The summed E-state index contributed by atoms with van der Waals surface area (Å²) < 4.78 is 4.78. The fraction of sp³-hybridized carbons (Fsp3) is 0.273. The first-order chi connectivity index (χ1) is 8.90. The number of nitrogens with zero attached hydrogens (tertiary/aromatic N) is 1. The highest BCUT2D eigenvalue weighted by Gasteiger charge is 2.13. The van der Waals surface area contributed by atoms with E-state index in [4.69, 9.17) is 9.84 Å². The number of nitrogens with one attached hydrogen (secondary N) is 1. The molecule has 0 fully saturated rings. The van der Waals surface area contributed by atoms with E-state index in [1.807, 2.05) is 0 Å². The van der Waals surface area contributed by atoms with Crippen molar-refractivity contribution in [3.05, 3.63) is 34.4 Å². The molecule has 1 amide bonds. The minimum absolute atomic E-state index is 0.0891. The molecule has 0 aliphatic rings. The summed E-state index contributed by atoms with van der Waals surface area (Å²) in [7, 11) is 0. The van der Waals surface area contributed by atoms with Gasteiger partial charge < -0.3 is 15.2 Å². The maximum atomic E-state index is 11.4. The number of carboxylic acid groups (broad SMARTS) is 1. The van der Waals surface area contributed by atoms with Crippen LogP contribution < -0.4 is 5.32 Å². The lowest BCUT2D eigenvalue weighted by Crippen LogP contribution is -2.26. The highest BCUT2D eigenvalue weighted by atomic mass is 16.6. The molecule has 8 heteroatoms. The van der Waals surface area contributed by atoms with E-state index in [0.717, 1.165) is 0 Å². The van der Waals surface area contributed by atoms with Gasteiger partial charge in [-0.3, -0.25) is 14.9 Å². The largest absolute Gasteiger partial charge is 0.479 e. The molecular weight excluding hydrogens is 256 g/mol. The second-order valence-corrected chi connectivity index (χ2v) is 3.64. The number of amides is 1. The van der Waals surface area contributed by atoms with E-state index in [1.165, 1.54) is 31.2 Å². The number of carbonyl (C=O) groups excluding carboxylic acids is 1. The summed E-state index contributed by atoms with van der Waals surface area (Å²) in [5.41, 5.74) is 0.274. The highest BCUT2D eigenvalue weighted by Crippen LogP contribution is 2.15. The first-order valence-electron chi connectivity index (χ1n) is 5.29. The second-order valence-electron chi connectivity index (χ2n) is 3.64. The fourth-order valence-electron chi connectivity index (χ4n) is 1.14. The maximum Gasteiger partial charge on any atom is 0.332 e. The molecule has 0 unspecified atom stereocenters. The monoisotopic (exact) mass is 268 g/mol. The average molecular weight is 268 g/mol. The summed E-state index contributed by atoms with van der Waals surface area (Å²) in [4.78, 5) is 31.7. The van der Waals surface area contributed by atoms with Crippen LogP contribution in [0, 0.1) is 10.1 Å². The lowest BCUT2D eigenvalue weighted by molar-refractivity contribution is -0.384. The number of carboxylic acids is 1. The van der Waals surface area contributed by atoms with E-state index in [9.17, 15) is 19.7 Å². The molecule has 1 aromatic rings. The molecule has 2 N–H and O–H groups in total. The molecule has 0 bridgehead atoms. The minimum Gasteiger partial charge on any atom is -0.479 e. The molecule has 1 atom stereocenters. The number of carbonyl (C=O) groups is 2. The number of ether oxygens (including phenoxy) is 1. The summed E-state index contributed by atoms with van der Waals surface area (Å²) >= 11 is 0. The molecule has 0 aromatic heterocycles. The van der Waals surface area contributed by atoms with E-state index in [2.05, 4.69) is 5.32 Å². The molecule has 0 heterocycles. The van der Waals surface area contributed by atoms with Crippen molar-refractivity contribution in [1.29, 1.82) is 0 Å². The molecule has 0 spiro atoms. The number of anilines is 1. The third-order valence-electron chi connectivity index (χ3n) is 2.17. The molecule has 19 heavy (non-hydrogen) atoms. The van der Waals surface area contributed by atoms with Crippen molar-refractivity contribution >= 4 is 23.3 Å². The van der Waals surface area contributed by atoms with Gasteiger partial charge >= 0.3 is 5.97 Å². The number of rotatable bonds is 6. The van der Waals surface area contributed by atoms with Crippen molar-refractivity contribution in [3.63, 3.8) is 0 Å². The van der Waals surface area contributed by atoms with E-state index < -0.39 is 29.5 Å². The Hall–Kier alpha value is -2.48. The summed E-state index contributed by atoms with van der Waals surface area (Å²) in [5, 5.41) is 21.4. The first-order valence-corrected chi connectivity index (χ1v) is 5.29. The third-order valence-corrected chi connectivity index (χ3v) is 2.17. The summed E-state index contributed by atoms with van der Waals surface area (Å²) in [6.07, 6.45) is -1.08. The maximum absolute atomic E-state index is 11.4. The molecular formula is C11H12N2O6. The lowest BCUT2D eigenvalue weighted by Gasteiger charge is -2.08. The molecule has 102 valence electrons. The Morgan fingerprint density at radius 2 is 2.00 bits per heavy atom. The SMILES string of the molecule is C[C@@H](OCC(=O)Nc1ccc([N+](=O)[O-])cc1)C(=O)O. The fourth-order valence-corrected chi connectivity index (χ4v) is 1.14. The first kappa shape index (κ1) is 14.6. The van der Waals surface area contributed by atoms with Crippen molar-refractivity contribution in [3.8, 4) is 0 Å². The van der Waals surface area contributed by atoms with Crippen LogP contribution in [0.25, 0.3) is 0 Å². The van der Waals surface area contributed by atoms with Crippen LogP contribution in [0.5, 0.6) is 0 Å². The number of aliphatic carboxylic acids is 1. The van der Waals surface area contributed by atoms with E-state index in [-0.39, 0.29) is 5.69 Å². The zero-order chi connectivity index (χ0) is 14.4. The Balaban J connectivity index is 2.48. The van der Waals surface area contributed by atoms with Crippen molar-refractivity contribution in [2.75, 3.05) is 11.9 Å². The van der Waals surface area contributed by atoms with Gasteiger partial charge in [0.05, 0.1) is 4.92 Å². The van der Waals surface area contributed by atoms with Gasteiger partial charge in [-0.2, -0.15) is 0 Å². The molecule has 8 nitrogen and oxygen atoms in total.